The second-order valence-electron chi connectivity index (χ2n) is 5.43. The van der Waals surface area contributed by atoms with Crippen LogP contribution in [0.1, 0.15) is 32.3 Å². The fourth-order valence-electron chi connectivity index (χ4n) is 2.20. The minimum Gasteiger partial charge on any atom is -0.488 e. The Balaban J connectivity index is 1.98. The van der Waals surface area contributed by atoms with E-state index >= 15 is 0 Å². The molecule has 1 fully saturated rings. The molecule has 1 atom stereocenters. The predicted molar refractivity (Wildman–Crippen MR) is 77.7 cm³/mol. The van der Waals surface area contributed by atoms with Crippen LogP contribution in [-0.2, 0) is 4.74 Å². The van der Waals surface area contributed by atoms with Crippen molar-refractivity contribution in [2.45, 2.75) is 38.4 Å². The van der Waals surface area contributed by atoms with Gasteiger partial charge in [0, 0.05) is 5.56 Å². The van der Waals surface area contributed by atoms with Crippen LogP contribution >= 0.6 is 11.6 Å². The number of hydrogen-bond acceptors (Lipinski definition) is 2. The Morgan fingerprint density at radius 1 is 1.50 bits per heavy atom. The van der Waals surface area contributed by atoms with Crippen molar-refractivity contribution in [3.05, 3.63) is 29.6 Å². The predicted octanol–water partition coefficient (Wildman–Crippen LogP) is 3.75. The zero-order valence-corrected chi connectivity index (χ0v) is 12.5. The van der Waals surface area contributed by atoms with Crippen molar-refractivity contribution in [2.24, 2.45) is 0 Å². The lowest BCUT2D eigenvalue weighted by molar-refractivity contribution is -0.0330. The molecule has 1 saturated heterocycles. The van der Waals surface area contributed by atoms with Crippen LogP contribution in [0.4, 0.5) is 4.39 Å². The van der Waals surface area contributed by atoms with Gasteiger partial charge in [0.25, 0.3) is 0 Å². The summed E-state index contributed by atoms with van der Waals surface area (Å²) in [6, 6.07) is 4.55. The van der Waals surface area contributed by atoms with Crippen LogP contribution in [0.5, 0.6) is 5.75 Å². The van der Waals surface area contributed by atoms with Crippen LogP contribution < -0.4 is 4.74 Å². The summed E-state index contributed by atoms with van der Waals surface area (Å²) < 4.78 is 25.0. The largest absolute Gasteiger partial charge is 0.488 e. The summed E-state index contributed by atoms with van der Waals surface area (Å²) in [4.78, 5) is 0. The smallest absolute Gasteiger partial charge is 0.165 e. The van der Waals surface area contributed by atoms with Crippen molar-refractivity contribution < 1.29 is 13.9 Å². The van der Waals surface area contributed by atoms with Gasteiger partial charge in [-0.1, -0.05) is 11.8 Å². The molecule has 1 aliphatic rings. The monoisotopic (exact) mass is 296 g/mol. The Bertz CT molecular complexity index is 531. The highest BCUT2D eigenvalue weighted by atomic mass is 35.5. The zero-order valence-electron chi connectivity index (χ0n) is 11.7. The van der Waals surface area contributed by atoms with Gasteiger partial charge >= 0.3 is 0 Å². The molecule has 1 aromatic carbocycles. The summed E-state index contributed by atoms with van der Waals surface area (Å²) in [5, 5.41) is 0. The molecule has 0 aliphatic carbocycles. The molecule has 1 aromatic rings. The molecule has 0 saturated carbocycles. The van der Waals surface area contributed by atoms with Gasteiger partial charge in [-0.2, -0.15) is 0 Å². The summed E-state index contributed by atoms with van der Waals surface area (Å²) in [5.41, 5.74) is 0.579. The Morgan fingerprint density at radius 3 is 2.95 bits per heavy atom. The maximum absolute atomic E-state index is 13.7. The second-order valence-corrected chi connectivity index (χ2v) is 5.70. The molecule has 1 heterocycles. The van der Waals surface area contributed by atoms with Crippen LogP contribution in [0, 0.1) is 17.7 Å². The van der Waals surface area contributed by atoms with Crippen molar-refractivity contribution in [1.29, 1.82) is 0 Å². The molecule has 4 heteroatoms. The number of halogens is 2. The summed E-state index contributed by atoms with van der Waals surface area (Å²) in [6.45, 7) is 4.46. The van der Waals surface area contributed by atoms with E-state index in [1.807, 2.05) is 0 Å². The minimum atomic E-state index is -0.390. The van der Waals surface area contributed by atoms with Crippen LogP contribution in [-0.4, -0.2) is 24.2 Å². The lowest BCUT2D eigenvalue weighted by atomic mass is 10.1. The molecule has 20 heavy (non-hydrogen) atoms. The molecule has 1 unspecified atom stereocenters. The van der Waals surface area contributed by atoms with E-state index < -0.39 is 5.82 Å². The maximum Gasteiger partial charge on any atom is 0.165 e. The van der Waals surface area contributed by atoms with E-state index in [0.717, 1.165) is 12.8 Å². The normalized spacial score (nSPS) is 20.3. The zero-order chi connectivity index (χ0) is 14.6. The Morgan fingerprint density at radius 2 is 2.30 bits per heavy atom. The highest BCUT2D eigenvalue weighted by molar-refractivity contribution is 6.19. The van der Waals surface area contributed by atoms with E-state index in [1.54, 1.807) is 12.1 Å². The molecule has 0 amide bonds. The Labute approximate surface area is 124 Å². The fourth-order valence-corrected chi connectivity index (χ4v) is 2.27. The van der Waals surface area contributed by atoms with Gasteiger partial charge in [0.05, 0.1) is 17.6 Å². The highest BCUT2D eigenvalue weighted by Crippen LogP contribution is 2.30. The average Bonchev–Trinajstić information content (AvgIpc) is 2.76. The molecule has 1 aliphatic heterocycles. The van der Waals surface area contributed by atoms with Gasteiger partial charge in [0.1, 0.15) is 6.61 Å². The first-order chi connectivity index (χ1) is 9.50. The topological polar surface area (TPSA) is 18.5 Å². The van der Waals surface area contributed by atoms with Gasteiger partial charge < -0.3 is 9.47 Å². The first-order valence-electron chi connectivity index (χ1n) is 6.65. The number of ether oxygens (including phenoxy) is 2. The summed E-state index contributed by atoms with van der Waals surface area (Å²) in [5.74, 6) is 5.64. The fraction of sp³-hybridized carbons (Fsp3) is 0.500. The SMILES string of the molecule is CC1(C)CCC(COc2cc(C#CCCl)ccc2F)O1. The molecular weight excluding hydrogens is 279 g/mol. The summed E-state index contributed by atoms with van der Waals surface area (Å²) in [7, 11) is 0. The number of hydrogen-bond donors (Lipinski definition) is 0. The van der Waals surface area contributed by atoms with Gasteiger partial charge in [-0.05, 0) is 44.9 Å². The standard InChI is InChI=1S/C16H18ClFO2/c1-16(2)8-7-13(20-16)11-19-15-10-12(4-3-9-17)5-6-14(15)18/h5-6,10,13H,7-9,11H2,1-2H3. The molecular formula is C16H18ClFO2. The van der Waals surface area contributed by atoms with Crippen LogP contribution in [0.15, 0.2) is 18.2 Å². The van der Waals surface area contributed by atoms with E-state index in [1.165, 1.54) is 6.07 Å². The lowest BCUT2D eigenvalue weighted by Crippen LogP contribution is -2.24. The van der Waals surface area contributed by atoms with Gasteiger partial charge in [-0.25, -0.2) is 4.39 Å². The Kier molecular flexibility index (Phi) is 4.91. The van der Waals surface area contributed by atoms with Crippen molar-refractivity contribution >= 4 is 11.6 Å². The van der Waals surface area contributed by atoms with E-state index in [2.05, 4.69) is 25.7 Å². The van der Waals surface area contributed by atoms with Crippen molar-refractivity contribution in [1.82, 2.24) is 0 Å². The van der Waals surface area contributed by atoms with E-state index in [4.69, 9.17) is 21.1 Å². The van der Waals surface area contributed by atoms with Crippen molar-refractivity contribution in [3.63, 3.8) is 0 Å². The summed E-state index contributed by atoms with van der Waals surface area (Å²) in [6.07, 6.45) is 1.94. The van der Waals surface area contributed by atoms with Gasteiger partial charge in [-0.3, -0.25) is 0 Å². The van der Waals surface area contributed by atoms with Crippen LogP contribution in [0.25, 0.3) is 0 Å². The van der Waals surface area contributed by atoms with E-state index in [0.29, 0.717) is 12.2 Å². The molecule has 108 valence electrons. The number of benzene rings is 1. The molecule has 0 spiro atoms. The third-order valence-electron chi connectivity index (χ3n) is 3.21. The maximum atomic E-state index is 13.7. The number of rotatable bonds is 3. The highest BCUT2D eigenvalue weighted by Gasteiger charge is 2.32. The van der Waals surface area contributed by atoms with Crippen LogP contribution in [0.3, 0.4) is 0 Å². The third kappa shape index (κ3) is 4.13. The van der Waals surface area contributed by atoms with Crippen molar-refractivity contribution in [3.8, 4) is 17.6 Å². The second kappa shape index (κ2) is 6.47. The van der Waals surface area contributed by atoms with E-state index in [9.17, 15) is 4.39 Å². The first kappa shape index (κ1) is 15.2. The average molecular weight is 297 g/mol. The van der Waals surface area contributed by atoms with Gasteiger partial charge in [0.2, 0.25) is 0 Å². The molecule has 2 nitrogen and oxygen atoms in total. The molecule has 2 rings (SSSR count). The van der Waals surface area contributed by atoms with Gasteiger partial charge in [-0.15, -0.1) is 11.6 Å². The van der Waals surface area contributed by atoms with Crippen molar-refractivity contribution in [2.75, 3.05) is 12.5 Å². The van der Waals surface area contributed by atoms with E-state index in [-0.39, 0.29) is 23.3 Å². The Hall–Kier alpha value is -1.24. The molecule has 0 aromatic heterocycles. The molecule has 0 bridgehead atoms. The minimum absolute atomic E-state index is 0.0157. The summed E-state index contributed by atoms with van der Waals surface area (Å²) >= 11 is 5.50. The molecule has 0 radical (unpaired) electrons. The lowest BCUT2D eigenvalue weighted by Gasteiger charge is -2.19. The number of alkyl halides is 1. The van der Waals surface area contributed by atoms with Crippen LogP contribution in [0.2, 0.25) is 0 Å². The van der Waals surface area contributed by atoms with Gasteiger partial charge in [0.15, 0.2) is 11.6 Å². The molecule has 0 N–H and O–H groups in total. The first-order valence-corrected chi connectivity index (χ1v) is 7.19. The third-order valence-corrected chi connectivity index (χ3v) is 3.34. The quantitative estimate of drug-likeness (QED) is 0.625.